The fourth-order valence-corrected chi connectivity index (χ4v) is 1.98. The van der Waals surface area contributed by atoms with Gasteiger partial charge < -0.3 is 10.6 Å². The fraction of sp³-hybridized carbons (Fsp3) is 0.0667. The highest BCUT2D eigenvalue weighted by atomic mass is 16.2. The lowest BCUT2D eigenvalue weighted by Gasteiger charge is -2.07. The second-order valence-corrected chi connectivity index (χ2v) is 4.64. The third kappa shape index (κ3) is 3.09. The molecule has 0 atom stereocenters. The number of rotatable bonds is 4. The minimum absolute atomic E-state index is 0.116. The van der Waals surface area contributed by atoms with E-state index in [0.29, 0.717) is 11.3 Å². The zero-order valence-electron chi connectivity index (χ0n) is 11.5. The summed E-state index contributed by atoms with van der Waals surface area (Å²) in [5, 5.41) is 13.0. The number of nitrogens with zero attached hydrogens (tertiary/aromatic N) is 2. The van der Waals surface area contributed by atoms with Crippen molar-refractivity contribution in [3.8, 4) is 0 Å². The molecule has 0 aliphatic rings. The van der Waals surface area contributed by atoms with Crippen molar-refractivity contribution < 1.29 is 9.59 Å². The Kier molecular flexibility index (Phi) is 3.78. The predicted octanol–water partition coefficient (Wildman–Crippen LogP) is 1.33. The molecule has 0 spiro atoms. The standard InChI is InChI=1S/C15H13N5O2/c21-14(9-17-15(22)11-2-1-5-16-7-11)19-12-4-3-10-8-18-20-13(10)6-12/h1-8H,9H2,(H,17,22)(H,18,20)(H,19,21). The van der Waals surface area contributed by atoms with E-state index in [4.69, 9.17) is 0 Å². The maximum atomic E-state index is 11.9. The van der Waals surface area contributed by atoms with E-state index in [0.717, 1.165) is 10.9 Å². The SMILES string of the molecule is O=C(CNC(=O)c1cccnc1)Nc1ccc2cn[nH]c2c1. The summed E-state index contributed by atoms with van der Waals surface area (Å²) in [6.45, 7) is -0.116. The van der Waals surface area contributed by atoms with Crippen molar-refractivity contribution in [1.82, 2.24) is 20.5 Å². The van der Waals surface area contributed by atoms with Crippen LogP contribution in [0.4, 0.5) is 5.69 Å². The molecule has 2 heterocycles. The average molecular weight is 295 g/mol. The van der Waals surface area contributed by atoms with Crippen molar-refractivity contribution in [3.63, 3.8) is 0 Å². The molecular weight excluding hydrogens is 282 g/mol. The summed E-state index contributed by atoms with van der Waals surface area (Å²) in [5.41, 5.74) is 1.88. The number of carbonyl (C=O) groups excluding carboxylic acids is 2. The van der Waals surface area contributed by atoms with Crippen LogP contribution in [0.1, 0.15) is 10.4 Å². The van der Waals surface area contributed by atoms with Crippen LogP contribution in [0.2, 0.25) is 0 Å². The molecule has 0 fully saturated rings. The third-order valence-electron chi connectivity index (χ3n) is 3.06. The van der Waals surface area contributed by atoms with Crippen molar-refractivity contribution in [2.45, 2.75) is 0 Å². The van der Waals surface area contributed by atoms with Crippen molar-refractivity contribution in [1.29, 1.82) is 0 Å². The van der Waals surface area contributed by atoms with Crippen LogP contribution in [0.5, 0.6) is 0 Å². The van der Waals surface area contributed by atoms with Gasteiger partial charge in [0.2, 0.25) is 5.91 Å². The van der Waals surface area contributed by atoms with Gasteiger partial charge >= 0.3 is 0 Å². The maximum absolute atomic E-state index is 11.9. The first kappa shape index (κ1) is 13.7. The first-order chi connectivity index (χ1) is 10.7. The predicted molar refractivity (Wildman–Crippen MR) is 81.3 cm³/mol. The quantitative estimate of drug-likeness (QED) is 0.676. The molecule has 7 nitrogen and oxygen atoms in total. The van der Waals surface area contributed by atoms with Gasteiger partial charge in [-0.2, -0.15) is 5.10 Å². The van der Waals surface area contributed by atoms with Crippen molar-refractivity contribution in [2.24, 2.45) is 0 Å². The second kappa shape index (κ2) is 6.04. The molecule has 2 amide bonds. The number of carbonyl (C=O) groups is 2. The number of aromatic amines is 1. The van der Waals surface area contributed by atoms with Gasteiger partial charge in [-0.3, -0.25) is 19.7 Å². The van der Waals surface area contributed by atoms with Crippen LogP contribution in [0.3, 0.4) is 0 Å². The zero-order valence-corrected chi connectivity index (χ0v) is 11.5. The van der Waals surface area contributed by atoms with Gasteiger partial charge in [0.05, 0.1) is 23.8 Å². The number of amides is 2. The molecule has 3 N–H and O–H groups in total. The second-order valence-electron chi connectivity index (χ2n) is 4.64. The summed E-state index contributed by atoms with van der Waals surface area (Å²) in [6, 6.07) is 8.70. The number of benzene rings is 1. The number of H-pyrrole nitrogens is 1. The Morgan fingerprint density at radius 3 is 2.91 bits per heavy atom. The molecule has 0 bridgehead atoms. The molecule has 0 radical (unpaired) electrons. The summed E-state index contributed by atoms with van der Waals surface area (Å²) in [7, 11) is 0. The van der Waals surface area contributed by atoms with E-state index in [2.05, 4.69) is 25.8 Å². The van der Waals surface area contributed by atoms with E-state index in [9.17, 15) is 9.59 Å². The summed E-state index contributed by atoms with van der Waals surface area (Å²) >= 11 is 0. The highest BCUT2D eigenvalue weighted by Crippen LogP contribution is 2.16. The Morgan fingerprint density at radius 2 is 2.09 bits per heavy atom. The van der Waals surface area contributed by atoms with Crippen molar-refractivity contribution >= 4 is 28.4 Å². The number of hydrogen-bond acceptors (Lipinski definition) is 4. The van der Waals surface area contributed by atoms with Crippen molar-refractivity contribution in [3.05, 3.63) is 54.5 Å². The number of anilines is 1. The summed E-state index contributed by atoms with van der Waals surface area (Å²) in [6.07, 6.45) is 4.73. The largest absolute Gasteiger partial charge is 0.343 e. The Morgan fingerprint density at radius 1 is 1.18 bits per heavy atom. The van der Waals surface area contributed by atoms with Crippen LogP contribution in [-0.2, 0) is 4.79 Å². The van der Waals surface area contributed by atoms with E-state index in [-0.39, 0.29) is 18.4 Å². The number of pyridine rings is 1. The van der Waals surface area contributed by atoms with Crippen LogP contribution in [0.15, 0.2) is 48.9 Å². The molecule has 110 valence electrons. The molecule has 22 heavy (non-hydrogen) atoms. The fourth-order valence-electron chi connectivity index (χ4n) is 1.98. The number of nitrogens with one attached hydrogen (secondary N) is 3. The van der Waals surface area contributed by atoms with Gasteiger partial charge in [-0.15, -0.1) is 0 Å². The monoisotopic (exact) mass is 295 g/mol. The lowest BCUT2D eigenvalue weighted by Crippen LogP contribution is -2.32. The van der Waals surface area contributed by atoms with E-state index in [1.54, 1.807) is 36.7 Å². The third-order valence-corrected chi connectivity index (χ3v) is 3.06. The van der Waals surface area contributed by atoms with Crippen LogP contribution in [0, 0.1) is 0 Å². The minimum Gasteiger partial charge on any atom is -0.343 e. The van der Waals surface area contributed by atoms with Gasteiger partial charge in [-0.25, -0.2) is 0 Å². The minimum atomic E-state index is -0.340. The van der Waals surface area contributed by atoms with E-state index >= 15 is 0 Å². The summed E-state index contributed by atoms with van der Waals surface area (Å²) in [5.74, 6) is -0.650. The van der Waals surface area contributed by atoms with Crippen LogP contribution >= 0.6 is 0 Å². The molecule has 3 aromatic rings. The first-order valence-electron chi connectivity index (χ1n) is 6.63. The van der Waals surface area contributed by atoms with E-state index < -0.39 is 0 Å². The zero-order chi connectivity index (χ0) is 15.4. The molecule has 0 aliphatic carbocycles. The van der Waals surface area contributed by atoms with Gasteiger partial charge in [0.1, 0.15) is 0 Å². The number of fused-ring (bicyclic) bond motifs is 1. The van der Waals surface area contributed by atoms with Gasteiger partial charge in [-0.1, -0.05) is 0 Å². The molecule has 0 saturated heterocycles. The summed E-state index contributed by atoms with van der Waals surface area (Å²) < 4.78 is 0. The summed E-state index contributed by atoms with van der Waals surface area (Å²) in [4.78, 5) is 27.5. The smallest absolute Gasteiger partial charge is 0.253 e. The Bertz CT molecular complexity index is 813. The van der Waals surface area contributed by atoms with E-state index in [1.807, 2.05) is 6.07 Å². The molecule has 0 saturated carbocycles. The van der Waals surface area contributed by atoms with E-state index in [1.165, 1.54) is 6.20 Å². The molecule has 3 rings (SSSR count). The van der Waals surface area contributed by atoms with Crippen molar-refractivity contribution in [2.75, 3.05) is 11.9 Å². The Balaban J connectivity index is 1.57. The molecular formula is C15H13N5O2. The van der Waals surface area contributed by atoms with Crippen LogP contribution < -0.4 is 10.6 Å². The lowest BCUT2D eigenvalue weighted by atomic mass is 10.2. The highest BCUT2D eigenvalue weighted by Gasteiger charge is 2.08. The van der Waals surface area contributed by atoms with Gasteiger partial charge in [0.15, 0.2) is 0 Å². The molecule has 0 unspecified atom stereocenters. The number of hydrogen-bond donors (Lipinski definition) is 3. The van der Waals surface area contributed by atoms with Gasteiger partial charge in [0.25, 0.3) is 5.91 Å². The van der Waals surface area contributed by atoms with Crippen LogP contribution in [0.25, 0.3) is 10.9 Å². The highest BCUT2D eigenvalue weighted by molar-refractivity contribution is 5.99. The molecule has 2 aromatic heterocycles. The topological polar surface area (TPSA) is 99.8 Å². The average Bonchev–Trinajstić information content (AvgIpc) is 3.01. The maximum Gasteiger partial charge on any atom is 0.253 e. The normalized spacial score (nSPS) is 10.4. The van der Waals surface area contributed by atoms with Gasteiger partial charge in [-0.05, 0) is 30.3 Å². The first-order valence-corrected chi connectivity index (χ1v) is 6.63. The van der Waals surface area contributed by atoms with Gasteiger partial charge in [0, 0.05) is 23.5 Å². The Hall–Kier alpha value is -3.22. The lowest BCUT2D eigenvalue weighted by molar-refractivity contribution is -0.115. The molecule has 1 aromatic carbocycles. The number of aromatic nitrogens is 3. The molecule has 0 aliphatic heterocycles. The Labute approximate surface area is 125 Å². The molecule has 7 heteroatoms. The van der Waals surface area contributed by atoms with Crippen LogP contribution in [-0.4, -0.2) is 33.5 Å².